The number of carbonyl (C=O) groups excluding carboxylic acids is 2. The summed E-state index contributed by atoms with van der Waals surface area (Å²) in [4.78, 5) is 24.8. The van der Waals surface area contributed by atoms with Gasteiger partial charge >= 0.3 is 0 Å². The minimum atomic E-state index is -0.378. The summed E-state index contributed by atoms with van der Waals surface area (Å²) in [5, 5.41) is 5.64. The van der Waals surface area contributed by atoms with Crippen molar-refractivity contribution < 1.29 is 14.0 Å². The van der Waals surface area contributed by atoms with Gasteiger partial charge in [-0.2, -0.15) is 0 Å². The minimum Gasteiger partial charge on any atom is -0.459 e. The first kappa shape index (κ1) is 17.5. The zero-order valence-electron chi connectivity index (χ0n) is 14.5. The largest absolute Gasteiger partial charge is 0.459 e. The maximum atomic E-state index is 12.5. The monoisotopic (exact) mass is 348 g/mol. The van der Waals surface area contributed by atoms with Crippen molar-refractivity contribution in [2.24, 2.45) is 0 Å². The molecule has 1 aromatic heterocycles. The highest BCUT2D eigenvalue weighted by Crippen LogP contribution is 2.18. The van der Waals surface area contributed by atoms with E-state index in [0.29, 0.717) is 17.8 Å². The number of para-hydroxylation sites is 1. The predicted octanol–water partition coefficient (Wildman–Crippen LogP) is 3.81. The Morgan fingerprint density at radius 2 is 1.65 bits per heavy atom. The molecule has 1 heterocycles. The van der Waals surface area contributed by atoms with Crippen molar-refractivity contribution >= 4 is 17.5 Å². The van der Waals surface area contributed by atoms with Gasteiger partial charge in [0, 0.05) is 12.1 Å². The highest BCUT2D eigenvalue weighted by Gasteiger charge is 2.17. The Morgan fingerprint density at radius 3 is 2.38 bits per heavy atom. The molecule has 5 heteroatoms. The summed E-state index contributed by atoms with van der Waals surface area (Å²) in [5.74, 6) is -0.366. The molecule has 5 nitrogen and oxygen atoms in total. The third-order valence-corrected chi connectivity index (χ3v) is 4.03. The molecule has 0 fully saturated rings. The molecule has 2 aromatic carbocycles. The van der Waals surface area contributed by atoms with Gasteiger partial charge in [0.15, 0.2) is 5.76 Å². The summed E-state index contributed by atoms with van der Waals surface area (Å²) >= 11 is 0. The van der Waals surface area contributed by atoms with Crippen LogP contribution in [-0.2, 0) is 6.42 Å². The van der Waals surface area contributed by atoms with E-state index in [1.54, 1.807) is 37.3 Å². The van der Waals surface area contributed by atoms with Crippen molar-refractivity contribution in [3.63, 3.8) is 0 Å². The highest BCUT2D eigenvalue weighted by atomic mass is 16.3. The fraction of sp³-hybridized carbons (Fsp3) is 0.143. The molecule has 0 saturated carbocycles. The molecule has 3 aromatic rings. The van der Waals surface area contributed by atoms with E-state index in [1.165, 1.54) is 6.26 Å². The van der Waals surface area contributed by atoms with Gasteiger partial charge in [0.1, 0.15) is 0 Å². The molecule has 2 amide bonds. The fourth-order valence-electron chi connectivity index (χ4n) is 2.63. The first-order valence-electron chi connectivity index (χ1n) is 8.42. The van der Waals surface area contributed by atoms with Crippen molar-refractivity contribution in [2.75, 3.05) is 11.9 Å². The van der Waals surface area contributed by atoms with Crippen molar-refractivity contribution in [1.29, 1.82) is 0 Å². The quantitative estimate of drug-likeness (QED) is 0.711. The number of benzene rings is 2. The second kappa shape index (κ2) is 8.16. The van der Waals surface area contributed by atoms with Crippen LogP contribution in [0.3, 0.4) is 0 Å². The summed E-state index contributed by atoms with van der Waals surface area (Å²) in [5.41, 5.74) is 2.76. The second-order valence-electron chi connectivity index (χ2n) is 5.92. The molecule has 0 atom stereocenters. The number of anilines is 1. The molecule has 0 bridgehead atoms. The van der Waals surface area contributed by atoms with Gasteiger partial charge in [0.25, 0.3) is 11.8 Å². The SMILES string of the molecule is Cc1ccoc1C(=O)Nc1ccccc1C(=O)NCCc1ccccc1. The maximum absolute atomic E-state index is 12.5. The molecule has 26 heavy (non-hydrogen) atoms. The standard InChI is InChI=1S/C21H20N2O3/c1-15-12-14-26-19(15)21(25)23-18-10-6-5-9-17(18)20(24)22-13-11-16-7-3-2-4-8-16/h2-10,12,14H,11,13H2,1H3,(H,22,24)(H,23,25). The van der Waals surface area contributed by atoms with Gasteiger partial charge in [-0.25, -0.2) is 0 Å². The van der Waals surface area contributed by atoms with E-state index < -0.39 is 0 Å². The lowest BCUT2D eigenvalue weighted by Gasteiger charge is -2.11. The van der Waals surface area contributed by atoms with Crippen LogP contribution < -0.4 is 10.6 Å². The number of rotatable bonds is 6. The number of amides is 2. The van der Waals surface area contributed by atoms with Crippen LogP contribution >= 0.6 is 0 Å². The van der Waals surface area contributed by atoms with Gasteiger partial charge in [-0.3, -0.25) is 9.59 Å². The smallest absolute Gasteiger partial charge is 0.291 e. The Labute approximate surface area is 152 Å². The van der Waals surface area contributed by atoms with Crippen molar-refractivity contribution in [2.45, 2.75) is 13.3 Å². The van der Waals surface area contributed by atoms with Crippen LogP contribution in [0.2, 0.25) is 0 Å². The zero-order valence-corrected chi connectivity index (χ0v) is 14.5. The number of furan rings is 1. The molecule has 0 aliphatic carbocycles. The molecular weight excluding hydrogens is 328 g/mol. The molecule has 0 radical (unpaired) electrons. The van der Waals surface area contributed by atoms with Gasteiger partial charge in [-0.15, -0.1) is 0 Å². The van der Waals surface area contributed by atoms with Crippen molar-refractivity contribution in [3.8, 4) is 0 Å². The first-order chi connectivity index (χ1) is 12.6. The Hall–Kier alpha value is -3.34. The van der Waals surface area contributed by atoms with Crippen LogP contribution in [0, 0.1) is 6.92 Å². The van der Waals surface area contributed by atoms with E-state index >= 15 is 0 Å². The van der Waals surface area contributed by atoms with Crippen LogP contribution in [0.15, 0.2) is 71.3 Å². The topological polar surface area (TPSA) is 71.3 Å². The van der Waals surface area contributed by atoms with E-state index in [4.69, 9.17) is 4.42 Å². The number of aryl methyl sites for hydroxylation is 1. The predicted molar refractivity (Wildman–Crippen MR) is 100 cm³/mol. The summed E-state index contributed by atoms with van der Waals surface area (Å²) in [7, 11) is 0. The van der Waals surface area contributed by atoms with Gasteiger partial charge in [-0.05, 0) is 37.1 Å². The number of hydrogen-bond donors (Lipinski definition) is 2. The summed E-state index contributed by atoms with van der Waals surface area (Å²) < 4.78 is 5.20. The van der Waals surface area contributed by atoms with E-state index in [0.717, 1.165) is 17.5 Å². The first-order valence-corrected chi connectivity index (χ1v) is 8.42. The lowest BCUT2D eigenvalue weighted by atomic mass is 10.1. The van der Waals surface area contributed by atoms with E-state index in [1.807, 2.05) is 30.3 Å². The third kappa shape index (κ3) is 4.19. The molecule has 132 valence electrons. The van der Waals surface area contributed by atoms with Crippen molar-refractivity contribution in [1.82, 2.24) is 5.32 Å². The molecule has 2 N–H and O–H groups in total. The normalized spacial score (nSPS) is 10.3. The van der Waals surface area contributed by atoms with Gasteiger partial charge in [0.2, 0.25) is 0 Å². The molecule has 0 saturated heterocycles. The van der Waals surface area contributed by atoms with Gasteiger partial charge in [0.05, 0.1) is 17.5 Å². The Morgan fingerprint density at radius 1 is 0.923 bits per heavy atom. The van der Waals surface area contributed by atoms with Crippen LogP contribution in [0.5, 0.6) is 0 Å². The molecular formula is C21H20N2O3. The van der Waals surface area contributed by atoms with E-state index in [2.05, 4.69) is 10.6 Å². The molecule has 0 aliphatic rings. The lowest BCUT2D eigenvalue weighted by Crippen LogP contribution is -2.27. The Bertz CT molecular complexity index is 900. The fourth-order valence-corrected chi connectivity index (χ4v) is 2.63. The molecule has 0 aliphatic heterocycles. The maximum Gasteiger partial charge on any atom is 0.291 e. The van der Waals surface area contributed by atoms with E-state index in [9.17, 15) is 9.59 Å². The minimum absolute atomic E-state index is 0.229. The molecule has 0 unspecified atom stereocenters. The summed E-state index contributed by atoms with van der Waals surface area (Å²) in [6.07, 6.45) is 2.21. The van der Waals surface area contributed by atoms with Crippen LogP contribution in [-0.4, -0.2) is 18.4 Å². The lowest BCUT2D eigenvalue weighted by molar-refractivity contribution is 0.0955. The summed E-state index contributed by atoms with van der Waals surface area (Å²) in [6, 6.07) is 18.6. The molecule has 3 rings (SSSR count). The third-order valence-electron chi connectivity index (χ3n) is 4.03. The van der Waals surface area contributed by atoms with Crippen LogP contribution in [0.1, 0.15) is 32.0 Å². The highest BCUT2D eigenvalue weighted by molar-refractivity contribution is 6.08. The number of hydrogen-bond acceptors (Lipinski definition) is 3. The average molecular weight is 348 g/mol. The van der Waals surface area contributed by atoms with Gasteiger partial charge < -0.3 is 15.1 Å². The van der Waals surface area contributed by atoms with Crippen LogP contribution in [0.25, 0.3) is 0 Å². The van der Waals surface area contributed by atoms with Crippen molar-refractivity contribution in [3.05, 3.63) is 89.4 Å². The summed E-state index contributed by atoms with van der Waals surface area (Å²) in [6.45, 7) is 2.31. The van der Waals surface area contributed by atoms with E-state index in [-0.39, 0.29) is 17.6 Å². The number of nitrogens with one attached hydrogen (secondary N) is 2. The molecule has 0 spiro atoms. The Kier molecular flexibility index (Phi) is 5.49. The second-order valence-corrected chi connectivity index (χ2v) is 5.92. The zero-order chi connectivity index (χ0) is 18.4. The average Bonchev–Trinajstić information content (AvgIpc) is 3.09. The van der Waals surface area contributed by atoms with Crippen LogP contribution in [0.4, 0.5) is 5.69 Å². The Balaban J connectivity index is 1.65. The van der Waals surface area contributed by atoms with Gasteiger partial charge in [-0.1, -0.05) is 42.5 Å². The number of carbonyl (C=O) groups is 2.